The third-order valence-corrected chi connectivity index (χ3v) is 4.32. The Bertz CT molecular complexity index is 867. The van der Waals surface area contributed by atoms with Gasteiger partial charge in [0.25, 0.3) is 0 Å². The Morgan fingerprint density at radius 1 is 0.960 bits per heavy atom. The molecular weight excluding hydrogens is 306 g/mol. The van der Waals surface area contributed by atoms with Gasteiger partial charge in [0.1, 0.15) is 17.2 Å². The number of aryl methyl sites for hydroxylation is 1. The fraction of sp³-hybridized carbons (Fsp3) is 0.409. The maximum Gasteiger partial charge on any atom is 0.142 e. The summed E-state index contributed by atoms with van der Waals surface area (Å²) in [5.74, 6) is 1.07. The van der Waals surface area contributed by atoms with E-state index in [-0.39, 0.29) is 11.0 Å². The second kappa shape index (κ2) is 6.21. The summed E-state index contributed by atoms with van der Waals surface area (Å²) < 4.78 is 2.18. The van der Waals surface area contributed by atoms with Crippen molar-refractivity contribution in [3.05, 3.63) is 54.2 Å². The van der Waals surface area contributed by atoms with E-state index in [1.165, 1.54) is 5.56 Å². The van der Waals surface area contributed by atoms with Crippen molar-refractivity contribution in [3.8, 4) is 11.3 Å². The monoisotopic (exact) mass is 335 g/mol. The zero-order valence-corrected chi connectivity index (χ0v) is 16.2. The largest absolute Gasteiger partial charge is 0.364 e. The van der Waals surface area contributed by atoms with Crippen molar-refractivity contribution < 1.29 is 0 Å². The second-order valence-electron chi connectivity index (χ2n) is 8.81. The zero-order valence-electron chi connectivity index (χ0n) is 16.2. The quantitative estimate of drug-likeness (QED) is 0.639. The third-order valence-electron chi connectivity index (χ3n) is 4.32. The first-order valence-electron chi connectivity index (χ1n) is 8.98. The van der Waals surface area contributed by atoms with Crippen LogP contribution in [0, 0.1) is 12.3 Å². The van der Waals surface area contributed by atoms with Crippen molar-refractivity contribution in [2.24, 2.45) is 5.41 Å². The van der Waals surface area contributed by atoms with Crippen molar-refractivity contribution in [2.45, 2.75) is 53.5 Å². The molecule has 0 aliphatic heterocycles. The molecule has 0 fully saturated rings. The Hall–Kier alpha value is -2.29. The van der Waals surface area contributed by atoms with Gasteiger partial charge >= 0.3 is 0 Å². The molecule has 0 unspecified atom stereocenters. The van der Waals surface area contributed by atoms with Crippen LogP contribution in [0.1, 0.15) is 46.6 Å². The van der Waals surface area contributed by atoms with Crippen LogP contribution in [0.4, 0.5) is 5.82 Å². The number of nitrogens with one attached hydrogen (secondary N) is 1. The Labute approximate surface area is 151 Å². The van der Waals surface area contributed by atoms with Crippen LogP contribution in [0.2, 0.25) is 0 Å². The first-order chi connectivity index (χ1) is 11.7. The number of aromatic nitrogens is 2. The summed E-state index contributed by atoms with van der Waals surface area (Å²) in [4.78, 5) is 4.96. The van der Waals surface area contributed by atoms with Crippen LogP contribution in [0.15, 0.2) is 48.7 Å². The molecule has 0 amide bonds. The molecule has 3 aromatic rings. The van der Waals surface area contributed by atoms with Crippen LogP contribution in [0.25, 0.3) is 16.9 Å². The summed E-state index contributed by atoms with van der Waals surface area (Å²) in [6, 6.07) is 14.6. The first-order valence-corrected chi connectivity index (χ1v) is 8.98. The molecule has 0 bridgehead atoms. The lowest BCUT2D eigenvalue weighted by molar-refractivity contribution is 0.302. The van der Waals surface area contributed by atoms with E-state index in [9.17, 15) is 0 Å². The fourth-order valence-corrected chi connectivity index (χ4v) is 3.81. The van der Waals surface area contributed by atoms with Gasteiger partial charge in [-0.2, -0.15) is 0 Å². The van der Waals surface area contributed by atoms with Crippen molar-refractivity contribution in [3.63, 3.8) is 0 Å². The van der Waals surface area contributed by atoms with Gasteiger partial charge in [-0.1, -0.05) is 57.2 Å². The van der Waals surface area contributed by atoms with E-state index < -0.39 is 0 Å². The summed E-state index contributed by atoms with van der Waals surface area (Å²) in [6.45, 7) is 13.5. The molecule has 1 N–H and O–H groups in total. The standard InChI is InChI=1S/C22H29N3/c1-16-11-10-14-25-19(16)23-18(17-12-8-7-9-13-17)20(25)24-22(5,6)15-21(2,3)4/h7-14,24H,15H2,1-6H3. The summed E-state index contributed by atoms with van der Waals surface area (Å²) in [7, 11) is 0. The van der Waals surface area contributed by atoms with Crippen LogP contribution in [0.3, 0.4) is 0 Å². The smallest absolute Gasteiger partial charge is 0.142 e. The van der Waals surface area contributed by atoms with Gasteiger partial charge in [-0.15, -0.1) is 0 Å². The molecule has 0 radical (unpaired) electrons. The molecule has 0 aliphatic rings. The molecule has 0 aliphatic carbocycles. The van der Waals surface area contributed by atoms with Crippen LogP contribution in [-0.4, -0.2) is 14.9 Å². The molecule has 132 valence electrons. The van der Waals surface area contributed by atoms with E-state index in [0.29, 0.717) is 0 Å². The second-order valence-corrected chi connectivity index (χ2v) is 8.81. The van der Waals surface area contributed by atoms with E-state index >= 15 is 0 Å². The lowest BCUT2D eigenvalue weighted by Crippen LogP contribution is -2.36. The van der Waals surface area contributed by atoms with Gasteiger partial charge in [-0.3, -0.25) is 4.40 Å². The average molecular weight is 335 g/mol. The molecule has 0 saturated carbocycles. The number of anilines is 1. The predicted molar refractivity (Wildman–Crippen MR) is 107 cm³/mol. The van der Waals surface area contributed by atoms with Crippen LogP contribution >= 0.6 is 0 Å². The van der Waals surface area contributed by atoms with Gasteiger partial charge < -0.3 is 5.32 Å². The lowest BCUT2D eigenvalue weighted by atomic mass is 9.82. The Kier molecular flexibility index (Phi) is 4.36. The maximum absolute atomic E-state index is 4.96. The molecule has 25 heavy (non-hydrogen) atoms. The molecule has 0 atom stereocenters. The average Bonchev–Trinajstić information content (AvgIpc) is 2.85. The lowest BCUT2D eigenvalue weighted by Gasteiger charge is -2.34. The highest BCUT2D eigenvalue weighted by molar-refractivity contribution is 5.77. The number of benzene rings is 1. The van der Waals surface area contributed by atoms with Gasteiger partial charge in [0.05, 0.1) is 0 Å². The molecule has 2 aromatic heterocycles. The Balaban J connectivity index is 2.14. The minimum absolute atomic E-state index is 0.0402. The third kappa shape index (κ3) is 3.87. The maximum atomic E-state index is 4.96. The molecule has 3 rings (SSSR count). The predicted octanol–water partition coefficient (Wildman–Crippen LogP) is 5.94. The van der Waals surface area contributed by atoms with Crippen LogP contribution in [-0.2, 0) is 0 Å². The van der Waals surface area contributed by atoms with Crippen molar-refractivity contribution in [1.29, 1.82) is 0 Å². The van der Waals surface area contributed by atoms with Crippen molar-refractivity contribution in [1.82, 2.24) is 9.38 Å². The molecule has 2 heterocycles. The molecule has 1 aromatic carbocycles. The van der Waals surface area contributed by atoms with Crippen LogP contribution in [0.5, 0.6) is 0 Å². The normalized spacial score (nSPS) is 12.6. The highest BCUT2D eigenvalue weighted by Crippen LogP contribution is 2.35. The van der Waals surface area contributed by atoms with Gasteiger partial charge in [-0.25, -0.2) is 4.98 Å². The zero-order chi connectivity index (χ0) is 18.2. The number of fused-ring (bicyclic) bond motifs is 1. The fourth-order valence-electron chi connectivity index (χ4n) is 3.81. The number of pyridine rings is 1. The molecular formula is C22H29N3. The Morgan fingerprint density at radius 3 is 2.28 bits per heavy atom. The van der Waals surface area contributed by atoms with E-state index in [2.05, 4.69) is 93.9 Å². The number of rotatable bonds is 4. The molecule has 0 spiro atoms. The summed E-state index contributed by atoms with van der Waals surface area (Å²) >= 11 is 0. The van der Waals surface area contributed by atoms with E-state index in [0.717, 1.165) is 29.1 Å². The SMILES string of the molecule is Cc1cccn2c(NC(C)(C)CC(C)(C)C)c(-c3ccccc3)nc12. The number of nitrogens with zero attached hydrogens (tertiary/aromatic N) is 2. The van der Waals surface area contributed by atoms with E-state index in [1.807, 2.05) is 6.07 Å². The highest BCUT2D eigenvalue weighted by atomic mass is 15.2. The van der Waals surface area contributed by atoms with E-state index in [4.69, 9.17) is 4.98 Å². The Morgan fingerprint density at radius 2 is 1.64 bits per heavy atom. The number of hydrogen-bond acceptors (Lipinski definition) is 2. The number of hydrogen-bond donors (Lipinski definition) is 1. The summed E-state index contributed by atoms with van der Waals surface area (Å²) in [5.41, 5.74) is 4.55. The van der Waals surface area contributed by atoms with Gasteiger partial charge in [-0.05, 0) is 44.2 Å². The highest BCUT2D eigenvalue weighted by Gasteiger charge is 2.28. The summed E-state index contributed by atoms with van der Waals surface area (Å²) in [6.07, 6.45) is 3.16. The van der Waals surface area contributed by atoms with E-state index in [1.54, 1.807) is 0 Å². The number of imidazole rings is 1. The topological polar surface area (TPSA) is 29.3 Å². The molecule has 3 nitrogen and oxygen atoms in total. The van der Waals surface area contributed by atoms with Gasteiger partial charge in [0.15, 0.2) is 0 Å². The minimum Gasteiger partial charge on any atom is -0.364 e. The summed E-state index contributed by atoms with van der Waals surface area (Å²) in [5, 5.41) is 3.79. The van der Waals surface area contributed by atoms with Gasteiger partial charge in [0.2, 0.25) is 0 Å². The molecule has 3 heteroatoms. The molecule has 0 saturated heterocycles. The van der Waals surface area contributed by atoms with Crippen molar-refractivity contribution in [2.75, 3.05) is 5.32 Å². The first kappa shape index (κ1) is 17.5. The van der Waals surface area contributed by atoms with Gasteiger partial charge in [0, 0.05) is 17.3 Å². The minimum atomic E-state index is -0.0402. The van der Waals surface area contributed by atoms with Crippen molar-refractivity contribution >= 4 is 11.5 Å². The van der Waals surface area contributed by atoms with Crippen LogP contribution < -0.4 is 5.32 Å².